The Balaban J connectivity index is 0.00000126. The van der Waals surface area contributed by atoms with Crippen LogP contribution in [-0.2, 0) is 11.3 Å². The highest BCUT2D eigenvalue weighted by atomic mass is 16.5. The van der Waals surface area contributed by atoms with Gasteiger partial charge in [-0.3, -0.25) is 4.90 Å². The molecular weight excluding hydrogens is 412 g/mol. The minimum atomic E-state index is 0.436. The molecule has 4 aromatic rings. The largest absolute Gasteiger partial charge is 0.384 e. The first kappa shape index (κ1) is 23.3. The number of rotatable bonds is 5. The molecule has 1 fully saturated rings. The lowest BCUT2D eigenvalue weighted by atomic mass is 9.92. The number of hydrogen-bond acceptors (Lipinski definition) is 5. The van der Waals surface area contributed by atoms with Crippen LogP contribution in [0.4, 0.5) is 5.82 Å². The van der Waals surface area contributed by atoms with E-state index >= 15 is 0 Å². The Morgan fingerprint density at radius 3 is 2.55 bits per heavy atom. The number of benzene rings is 1. The number of nitrogens with two attached hydrogens (primary N) is 1. The first-order valence-electron chi connectivity index (χ1n) is 12.0. The molecule has 1 aromatic carbocycles. The maximum Gasteiger partial charge on any atom is 0.180 e. The quantitative estimate of drug-likeness (QED) is 0.379. The second-order valence-corrected chi connectivity index (χ2v) is 8.80. The summed E-state index contributed by atoms with van der Waals surface area (Å²) in [5.74, 6) is 1.30. The summed E-state index contributed by atoms with van der Waals surface area (Å²) >= 11 is 0. The van der Waals surface area contributed by atoms with Gasteiger partial charge in [0.05, 0.1) is 11.6 Å². The van der Waals surface area contributed by atoms with Gasteiger partial charge in [-0.25, -0.2) is 9.97 Å². The van der Waals surface area contributed by atoms with E-state index in [4.69, 9.17) is 10.5 Å². The second kappa shape index (κ2) is 9.93. The number of nitrogens with one attached hydrogen (secondary N) is 2. The molecule has 1 aliphatic rings. The number of methoxy groups -OCH3 is 1. The molecule has 0 bridgehead atoms. The Morgan fingerprint density at radius 2 is 1.82 bits per heavy atom. The van der Waals surface area contributed by atoms with Gasteiger partial charge in [0, 0.05) is 41.9 Å². The minimum Gasteiger partial charge on any atom is -0.384 e. The highest BCUT2D eigenvalue weighted by Gasteiger charge is 2.24. The number of aromatic amines is 2. The van der Waals surface area contributed by atoms with Crippen molar-refractivity contribution in [1.82, 2.24) is 24.8 Å². The number of ether oxygens (including phenoxy) is 1. The molecular formula is C26H36N6O. The Kier molecular flexibility index (Phi) is 7.00. The van der Waals surface area contributed by atoms with Gasteiger partial charge in [0.25, 0.3) is 0 Å². The predicted octanol–water partition coefficient (Wildman–Crippen LogP) is 5.41. The third kappa shape index (κ3) is 4.89. The first-order chi connectivity index (χ1) is 16.0. The number of hydrogen-bond donors (Lipinski definition) is 3. The SMILES string of the molecule is CC.COC1CCC(N(C)Cc2ccc3cc(-c4cc(N)nc5nc(C)[nH]c45)[nH]c3c2)CC1. The fourth-order valence-electron chi connectivity index (χ4n) is 4.89. The summed E-state index contributed by atoms with van der Waals surface area (Å²) in [6.45, 7) is 6.87. The fourth-order valence-corrected chi connectivity index (χ4v) is 4.89. The summed E-state index contributed by atoms with van der Waals surface area (Å²) in [5.41, 5.74) is 12.0. The molecule has 0 spiro atoms. The number of nitrogen functional groups attached to an aromatic ring is 1. The van der Waals surface area contributed by atoms with Crippen LogP contribution < -0.4 is 5.73 Å². The summed E-state index contributed by atoms with van der Waals surface area (Å²) in [5, 5.41) is 1.18. The number of anilines is 1. The molecule has 7 nitrogen and oxygen atoms in total. The van der Waals surface area contributed by atoms with E-state index in [0.29, 0.717) is 23.6 Å². The van der Waals surface area contributed by atoms with Gasteiger partial charge in [-0.1, -0.05) is 26.0 Å². The van der Waals surface area contributed by atoms with Crippen molar-refractivity contribution in [3.8, 4) is 11.3 Å². The van der Waals surface area contributed by atoms with Gasteiger partial charge in [-0.05, 0) is 63.4 Å². The van der Waals surface area contributed by atoms with Crippen LogP contribution >= 0.6 is 0 Å². The topological polar surface area (TPSA) is 95.8 Å². The van der Waals surface area contributed by atoms with Gasteiger partial charge >= 0.3 is 0 Å². The molecule has 3 heterocycles. The van der Waals surface area contributed by atoms with Gasteiger partial charge in [0.2, 0.25) is 0 Å². The molecule has 0 unspecified atom stereocenters. The Hall–Kier alpha value is -2.90. The van der Waals surface area contributed by atoms with E-state index in [9.17, 15) is 0 Å². The lowest BCUT2D eigenvalue weighted by Gasteiger charge is -2.34. The molecule has 176 valence electrons. The van der Waals surface area contributed by atoms with Crippen LogP contribution in [0.1, 0.15) is 50.9 Å². The average molecular weight is 449 g/mol. The number of pyridine rings is 1. The lowest BCUT2D eigenvalue weighted by molar-refractivity contribution is 0.0427. The maximum atomic E-state index is 6.04. The zero-order chi connectivity index (χ0) is 23.5. The number of H-pyrrole nitrogens is 2. The lowest BCUT2D eigenvalue weighted by Crippen LogP contribution is -2.36. The molecule has 4 N–H and O–H groups in total. The summed E-state index contributed by atoms with van der Waals surface area (Å²) in [4.78, 5) is 18.2. The maximum absolute atomic E-state index is 6.04. The van der Waals surface area contributed by atoms with Crippen LogP contribution in [0.25, 0.3) is 33.3 Å². The summed E-state index contributed by atoms with van der Waals surface area (Å²) < 4.78 is 5.52. The third-order valence-electron chi connectivity index (χ3n) is 6.61. The van der Waals surface area contributed by atoms with Crippen LogP contribution in [0.2, 0.25) is 0 Å². The molecule has 3 aromatic heterocycles. The van der Waals surface area contributed by atoms with Crippen LogP contribution in [0, 0.1) is 6.92 Å². The van der Waals surface area contributed by atoms with Gasteiger partial charge in [0.15, 0.2) is 5.65 Å². The van der Waals surface area contributed by atoms with Crippen molar-refractivity contribution < 1.29 is 4.74 Å². The van der Waals surface area contributed by atoms with Crippen molar-refractivity contribution in [2.45, 2.75) is 65.1 Å². The molecule has 0 amide bonds. The van der Waals surface area contributed by atoms with Crippen molar-refractivity contribution in [3.63, 3.8) is 0 Å². The number of aromatic nitrogens is 4. The first-order valence-corrected chi connectivity index (χ1v) is 12.0. The molecule has 1 saturated carbocycles. The summed E-state index contributed by atoms with van der Waals surface area (Å²) in [7, 11) is 4.06. The van der Waals surface area contributed by atoms with Crippen LogP contribution in [0.3, 0.4) is 0 Å². The standard InChI is InChI=1S/C24H30N6O.C2H6/c1-14-26-23-19(12-22(25)29-24(23)27-14)21-11-16-5-4-15(10-20(16)28-21)13-30(2)17-6-8-18(31-3)9-7-17;1-2/h4-5,10-12,17-18,28H,6-9,13H2,1-3H3,(H3,25,26,27,29);1-2H3. The molecule has 0 saturated heterocycles. The van der Waals surface area contributed by atoms with Crippen molar-refractivity contribution in [2.75, 3.05) is 19.9 Å². The van der Waals surface area contributed by atoms with E-state index in [-0.39, 0.29) is 0 Å². The molecule has 7 heteroatoms. The minimum absolute atomic E-state index is 0.436. The molecule has 0 atom stereocenters. The Morgan fingerprint density at radius 1 is 1.06 bits per heavy atom. The molecule has 0 aliphatic heterocycles. The van der Waals surface area contributed by atoms with Crippen LogP contribution in [0.5, 0.6) is 0 Å². The van der Waals surface area contributed by atoms with E-state index < -0.39 is 0 Å². The van der Waals surface area contributed by atoms with Gasteiger partial charge < -0.3 is 20.4 Å². The van der Waals surface area contributed by atoms with E-state index in [2.05, 4.69) is 56.1 Å². The highest BCUT2D eigenvalue weighted by Crippen LogP contribution is 2.31. The number of aryl methyl sites for hydroxylation is 1. The van der Waals surface area contributed by atoms with Crippen LogP contribution in [0.15, 0.2) is 30.3 Å². The fraction of sp³-hybridized carbons (Fsp3) is 0.462. The zero-order valence-electron chi connectivity index (χ0n) is 20.4. The second-order valence-electron chi connectivity index (χ2n) is 8.80. The van der Waals surface area contributed by atoms with Gasteiger partial charge in [-0.15, -0.1) is 0 Å². The van der Waals surface area contributed by atoms with Crippen molar-refractivity contribution in [2.24, 2.45) is 0 Å². The van der Waals surface area contributed by atoms with Crippen LogP contribution in [-0.4, -0.2) is 51.1 Å². The Labute approximate surface area is 195 Å². The van der Waals surface area contributed by atoms with Gasteiger partial charge in [0.1, 0.15) is 11.6 Å². The predicted molar refractivity (Wildman–Crippen MR) is 136 cm³/mol. The zero-order valence-corrected chi connectivity index (χ0v) is 20.4. The monoisotopic (exact) mass is 448 g/mol. The average Bonchev–Trinajstić information content (AvgIpc) is 3.42. The summed E-state index contributed by atoms with van der Waals surface area (Å²) in [6, 6.07) is 11.4. The van der Waals surface area contributed by atoms with E-state index in [0.717, 1.165) is 47.5 Å². The van der Waals surface area contributed by atoms with Crippen molar-refractivity contribution >= 4 is 27.9 Å². The third-order valence-corrected chi connectivity index (χ3v) is 6.61. The van der Waals surface area contributed by atoms with E-state index in [1.54, 1.807) is 0 Å². The van der Waals surface area contributed by atoms with Gasteiger partial charge in [-0.2, -0.15) is 0 Å². The molecule has 5 rings (SSSR count). The van der Waals surface area contributed by atoms with E-state index in [1.807, 2.05) is 33.9 Å². The number of nitrogens with zero attached hydrogens (tertiary/aromatic N) is 3. The van der Waals surface area contributed by atoms with Crippen molar-refractivity contribution in [3.05, 3.63) is 41.7 Å². The normalized spacial score (nSPS) is 18.6. The molecule has 33 heavy (non-hydrogen) atoms. The number of imidazole rings is 1. The summed E-state index contributed by atoms with van der Waals surface area (Å²) in [6.07, 6.45) is 5.15. The van der Waals surface area contributed by atoms with Crippen molar-refractivity contribution in [1.29, 1.82) is 0 Å². The number of fused-ring (bicyclic) bond motifs is 2. The Bertz CT molecular complexity index is 1220. The molecule has 0 radical (unpaired) electrons. The smallest absolute Gasteiger partial charge is 0.180 e. The molecule has 1 aliphatic carbocycles. The van der Waals surface area contributed by atoms with E-state index in [1.165, 1.54) is 23.8 Å². The highest BCUT2D eigenvalue weighted by molar-refractivity contribution is 5.95.